The maximum atomic E-state index is 9.41. The van der Waals surface area contributed by atoms with Gasteiger partial charge in [0, 0.05) is 0 Å². The van der Waals surface area contributed by atoms with E-state index in [1.54, 1.807) is 0 Å². The highest BCUT2D eigenvalue weighted by Crippen LogP contribution is 1.70. The van der Waals surface area contributed by atoms with Crippen LogP contribution in [0.25, 0.3) is 0 Å². The van der Waals surface area contributed by atoms with Crippen LogP contribution in [-0.2, 0) is 23.6 Å². The highest BCUT2D eigenvalue weighted by atomic mass is 32.9. The van der Waals surface area contributed by atoms with Crippen LogP contribution in [0, 0.1) is 0 Å². The summed E-state index contributed by atoms with van der Waals surface area (Å²) < 4.78 is 29.7. The standard InChI is InChI=1S/H2O5S2/c1-5-7(4)6(2)3/h1,4H. The zero-order valence-corrected chi connectivity index (χ0v) is 4.57. The molecule has 0 rings (SSSR count). The summed E-state index contributed by atoms with van der Waals surface area (Å²) in [6, 6.07) is 0. The van der Waals surface area contributed by atoms with Crippen molar-refractivity contribution in [3.63, 3.8) is 0 Å². The van der Waals surface area contributed by atoms with Crippen LogP contribution in [0.4, 0.5) is 0 Å². The summed E-state index contributed by atoms with van der Waals surface area (Å²) >= 11 is 0. The minimum absolute atomic E-state index is 2.36. The quantitative estimate of drug-likeness (QED) is 0.376. The van der Waals surface area contributed by atoms with Crippen LogP contribution in [0.15, 0.2) is 0 Å². The first-order valence-corrected chi connectivity index (χ1v) is 3.73. The van der Waals surface area contributed by atoms with Crippen molar-refractivity contribution in [2.75, 3.05) is 0 Å². The third kappa shape index (κ3) is 2.71. The molecule has 0 saturated carbocycles. The fourth-order valence-electron chi connectivity index (χ4n) is 0.0248. The highest BCUT2D eigenvalue weighted by Gasteiger charge is 1.85. The normalized spacial score (nSPS) is 13.4. The van der Waals surface area contributed by atoms with Crippen molar-refractivity contribution < 1.29 is 22.6 Å². The van der Waals surface area contributed by atoms with E-state index in [1.165, 1.54) is 0 Å². The van der Waals surface area contributed by atoms with Crippen LogP contribution in [0.1, 0.15) is 0 Å². The molecule has 7 heteroatoms. The largest absolute Gasteiger partial charge is 0.301 e. The van der Waals surface area contributed by atoms with Gasteiger partial charge in [-0.1, -0.05) is 0 Å². The van der Waals surface area contributed by atoms with Crippen molar-refractivity contribution in [2.24, 2.45) is 0 Å². The Morgan fingerprint density at radius 1 is 1.43 bits per heavy atom. The number of hydrogen-bond donors (Lipinski definition) is 2. The summed E-state index contributed by atoms with van der Waals surface area (Å²) in [7, 11) is -5.11. The van der Waals surface area contributed by atoms with E-state index in [9.17, 15) is 8.42 Å². The second-order valence-electron chi connectivity index (χ2n) is 0.496. The lowest BCUT2D eigenvalue weighted by Crippen LogP contribution is -1.88. The van der Waals surface area contributed by atoms with E-state index in [2.05, 4.69) is 4.33 Å². The third-order valence-electron chi connectivity index (χ3n) is 0.180. The molecule has 44 valence electrons. The fraction of sp³-hybridized carbons (Fsp3) is 0. The molecule has 0 heterocycles. The Morgan fingerprint density at radius 2 is 1.86 bits per heavy atom. The predicted molar refractivity (Wildman–Crippen MR) is 22.6 cm³/mol. The lowest BCUT2D eigenvalue weighted by molar-refractivity contribution is -0.125. The molecule has 5 nitrogen and oxygen atoms in total. The molecule has 7 heavy (non-hydrogen) atoms. The second-order valence-corrected chi connectivity index (χ2v) is 3.16. The Hall–Kier alpha value is 0.0500. The summed E-state index contributed by atoms with van der Waals surface area (Å²) in [6.45, 7) is 0. The van der Waals surface area contributed by atoms with Crippen LogP contribution in [0.5, 0.6) is 0 Å². The van der Waals surface area contributed by atoms with Gasteiger partial charge in [-0.05, 0) is 0 Å². The lowest BCUT2D eigenvalue weighted by Gasteiger charge is -1.78. The lowest BCUT2D eigenvalue weighted by atomic mass is 15.0. The number of hydrogen-bond acceptors (Lipinski definition) is 4. The molecule has 0 spiro atoms. The molecule has 0 amide bonds. The van der Waals surface area contributed by atoms with Crippen LogP contribution in [-0.4, -0.2) is 18.2 Å². The Balaban J connectivity index is 4.33. The zero-order valence-electron chi connectivity index (χ0n) is 2.94. The second kappa shape index (κ2) is 3.10. The molecule has 0 aromatic heterocycles. The Bertz CT molecular complexity index is 153. The topological polar surface area (TPSA) is 83.8 Å². The first-order chi connectivity index (χ1) is 3.18. The van der Waals surface area contributed by atoms with E-state index in [4.69, 9.17) is 9.81 Å². The number of rotatable bonds is 1. The summed E-state index contributed by atoms with van der Waals surface area (Å²) in [5.41, 5.74) is 0. The van der Waals surface area contributed by atoms with Gasteiger partial charge >= 0.3 is 0 Å². The smallest absolute Gasteiger partial charge is 0.295 e. The van der Waals surface area contributed by atoms with Gasteiger partial charge in [-0.25, -0.2) is 5.26 Å². The SMILES string of the molecule is O=S(=O)=S(O)OO. The molecule has 0 aromatic rings. The van der Waals surface area contributed by atoms with Gasteiger partial charge in [0.05, 0.1) is 0 Å². The van der Waals surface area contributed by atoms with E-state index < -0.39 is 19.3 Å². The Morgan fingerprint density at radius 3 is 1.86 bits per heavy atom. The van der Waals surface area contributed by atoms with Gasteiger partial charge in [-0.3, -0.25) is 0 Å². The maximum absolute atomic E-state index is 9.41. The van der Waals surface area contributed by atoms with E-state index in [1.807, 2.05) is 0 Å². The first-order valence-electron chi connectivity index (χ1n) is 1.03. The van der Waals surface area contributed by atoms with E-state index in [0.29, 0.717) is 0 Å². The van der Waals surface area contributed by atoms with Gasteiger partial charge in [-0.15, -0.1) is 4.33 Å². The van der Waals surface area contributed by atoms with Gasteiger partial charge in [-0.2, -0.15) is 8.42 Å². The van der Waals surface area contributed by atoms with Crippen LogP contribution in [0.3, 0.4) is 0 Å². The molecule has 0 radical (unpaired) electrons. The van der Waals surface area contributed by atoms with Crippen LogP contribution >= 0.6 is 0 Å². The molecule has 0 aliphatic heterocycles. The average Bonchev–Trinajstić information content (AvgIpc) is 1.65. The molecule has 1 atom stereocenters. The van der Waals surface area contributed by atoms with Gasteiger partial charge in [0.25, 0.3) is 9.26 Å². The predicted octanol–water partition coefficient (Wildman–Crippen LogP) is -0.724. The van der Waals surface area contributed by atoms with Crippen LogP contribution in [0.2, 0.25) is 0 Å². The van der Waals surface area contributed by atoms with Gasteiger partial charge in [0.15, 0.2) is 0 Å². The highest BCUT2D eigenvalue weighted by molar-refractivity contribution is 8.28. The van der Waals surface area contributed by atoms with E-state index in [0.717, 1.165) is 0 Å². The van der Waals surface area contributed by atoms with Crippen molar-refractivity contribution in [2.45, 2.75) is 0 Å². The van der Waals surface area contributed by atoms with Crippen molar-refractivity contribution >= 4 is 19.3 Å². The van der Waals surface area contributed by atoms with Gasteiger partial charge < -0.3 is 4.55 Å². The summed E-state index contributed by atoms with van der Waals surface area (Å²) in [6.07, 6.45) is 0. The molecule has 0 aliphatic rings. The summed E-state index contributed by atoms with van der Waals surface area (Å²) in [5, 5.41) is 7.37. The van der Waals surface area contributed by atoms with E-state index in [-0.39, 0.29) is 0 Å². The molecule has 0 saturated heterocycles. The summed E-state index contributed by atoms with van der Waals surface area (Å²) in [5.74, 6) is 0. The van der Waals surface area contributed by atoms with Crippen molar-refractivity contribution in [3.8, 4) is 0 Å². The zero-order chi connectivity index (χ0) is 5.86. The molecule has 2 N–H and O–H groups in total. The van der Waals surface area contributed by atoms with Gasteiger partial charge in [0.2, 0.25) is 10.0 Å². The minimum Gasteiger partial charge on any atom is -0.301 e. The van der Waals surface area contributed by atoms with E-state index >= 15 is 0 Å². The summed E-state index contributed by atoms with van der Waals surface area (Å²) in [4.78, 5) is 0. The Kier molecular flexibility index (Phi) is 3.13. The maximum Gasteiger partial charge on any atom is 0.295 e. The Labute approximate surface area is 42.6 Å². The average molecular weight is 146 g/mol. The minimum atomic E-state index is -2.75. The molecule has 0 bridgehead atoms. The third-order valence-corrected chi connectivity index (χ3v) is 1.42. The molecule has 0 aromatic carbocycles. The first kappa shape index (κ1) is 7.05. The van der Waals surface area contributed by atoms with Crippen molar-refractivity contribution in [1.82, 2.24) is 0 Å². The van der Waals surface area contributed by atoms with Crippen molar-refractivity contribution in [3.05, 3.63) is 0 Å². The fourth-order valence-corrected chi connectivity index (χ4v) is 0.224. The molecular formula is H2O5S2. The molecule has 0 aliphatic carbocycles. The molecule has 1 unspecified atom stereocenters. The van der Waals surface area contributed by atoms with Crippen molar-refractivity contribution in [1.29, 1.82) is 0 Å². The molecule has 0 fully saturated rings. The molecular weight excluding hydrogens is 144 g/mol. The monoisotopic (exact) mass is 146 g/mol. The van der Waals surface area contributed by atoms with Crippen LogP contribution < -0.4 is 0 Å². The van der Waals surface area contributed by atoms with Gasteiger partial charge in [0.1, 0.15) is 0 Å².